The van der Waals surface area contributed by atoms with Crippen molar-refractivity contribution in [3.05, 3.63) is 35.2 Å². The third kappa shape index (κ3) is 3.23. The monoisotopic (exact) mass is 375 g/mol. The standard InChI is InChI=1S/C19H22FN3O2S/c1-3-22-17(24)14(18(25)23(4-2)19(22)26)11-13-7-8-16(15(20)12-13)21-9-5-6-10-21/h7-8,11-12H,3-6,9-10H2,1-2H3. The first kappa shape index (κ1) is 18.5. The van der Waals surface area contributed by atoms with E-state index in [1.54, 1.807) is 26.0 Å². The van der Waals surface area contributed by atoms with Crippen LogP contribution in [0.5, 0.6) is 0 Å². The minimum absolute atomic E-state index is 0.00984. The van der Waals surface area contributed by atoms with Crippen LogP contribution in [-0.4, -0.2) is 52.9 Å². The molecule has 5 nitrogen and oxygen atoms in total. The van der Waals surface area contributed by atoms with Crippen LogP contribution in [0.15, 0.2) is 23.8 Å². The number of likely N-dealkylation sites (N-methyl/N-ethyl adjacent to an activating group) is 2. The van der Waals surface area contributed by atoms with Gasteiger partial charge in [-0.05, 0) is 62.7 Å². The zero-order valence-corrected chi connectivity index (χ0v) is 15.8. The van der Waals surface area contributed by atoms with E-state index in [-0.39, 0.29) is 16.5 Å². The van der Waals surface area contributed by atoms with Gasteiger partial charge in [0.1, 0.15) is 11.4 Å². The van der Waals surface area contributed by atoms with Crippen molar-refractivity contribution in [2.75, 3.05) is 31.1 Å². The van der Waals surface area contributed by atoms with E-state index in [1.165, 1.54) is 21.9 Å². The first-order chi connectivity index (χ1) is 12.5. The Kier molecular flexibility index (Phi) is 5.36. The van der Waals surface area contributed by atoms with Crippen LogP contribution in [0.25, 0.3) is 6.08 Å². The molecule has 2 aliphatic heterocycles. The molecule has 0 N–H and O–H groups in total. The number of carbonyl (C=O) groups excluding carboxylic acids is 2. The van der Waals surface area contributed by atoms with Gasteiger partial charge >= 0.3 is 0 Å². The highest BCUT2D eigenvalue weighted by atomic mass is 32.1. The molecule has 7 heteroatoms. The molecule has 2 aliphatic rings. The minimum Gasteiger partial charge on any atom is -0.369 e. The molecule has 0 atom stereocenters. The first-order valence-electron chi connectivity index (χ1n) is 8.91. The quantitative estimate of drug-likeness (QED) is 0.461. The van der Waals surface area contributed by atoms with Crippen molar-refractivity contribution in [3.63, 3.8) is 0 Å². The molecule has 0 radical (unpaired) electrons. The van der Waals surface area contributed by atoms with Crippen LogP contribution in [0.3, 0.4) is 0 Å². The lowest BCUT2D eigenvalue weighted by molar-refractivity contribution is -0.133. The lowest BCUT2D eigenvalue weighted by Crippen LogP contribution is -2.55. The van der Waals surface area contributed by atoms with Crippen LogP contribution in [0.4, 0.5) is 10.1 Å². The highest BCUT2D eigenvalue weighted by Gasteiger charge is 2.37. The third-order valence-corrected chi connectivity index (χ3v) is 5.22. The summed E-state index contributed by atoms with van der Waals surface area (Å²) in [5.74, 6) is -1.21. The molecule has 2 heterocycles. The number of nitrogens with zero attached hydrogens (tertiary/aromatic N) is 3. The van der Waals surface area contributed by atoms with Crippen molar-refractivity contribution in [3.8, 4) is 0 Å². The molecule has 0 unspecified atom stereocenters. The number of benzene rings is 1. The maximum absolute atomic E-state index is 14.5. The summed E-state index contributed by atoms with van der Waals surface area (Å²) < 4.78 is 14.5. The number of hydrogen-bond donors (Lipinski definition) is 0. The van der Waals surface area contributed by atoms with Gasteiger partial charge in [-0.25, -0.2) is 4.39 Å². The van der Waals surface area contributed by atoms with E-state index < -0.39 is 11.8 Å². The van der Waals surface area contributed by atoms with Crippen LogP contribution in [0.1, 0.15) is 32.3 Å². The van der Waals surface area contributed by atoms with Crippen molar-refractivity contribution in [2.24, 2.45) is 0 Å². The molecule has 26 heavy (non-hydrogen) atoms. The van der Waals surface area contributed by atoms with Gasteiger partial charge in [0.25, 0.3) is 11.8 Å². The zero-order chi connectivity index (χ0) is 18.8. The van der Waals surface area contributed by atoms with Crippen LogP contribution >= 0.6 is 12.2 Å². The van der Waals surface area contributed by atoms with E-state index in [0.29, 0.717) is 24.3 Å². The van der Waals surface area contributed by atoms with Crippen LogP contribution in [0.2, 0.25) is 0 Å². The van der Waals surface area contributed by atoms with Gasteiger partial charge in [-0.3, -0.25) is 19.4 Å². The van der Waals surface area contributed by atoms with Crippen LogP contribution < -0.4 is 4.90 Å². The Morgan fingerprint density at radius 3 is 2.15 bits per heavy atom. The molecule has 1 aromatic rings. The summed E-state index contributed by atoms with van der Waals surface area (Å²) in [4.78, 5) is 30.0. The Hall–Kier alpha value is -2.28. The molecule has 138 valence electrons. The number of anilines is 1. The van der Waals surface area contributed by atoms with Gasteiger partial charge in [0.05, 0.1) is 5.69 Å². The summed E-state index contributed by atoms with van der Waals surface area (Å²) in [6, 6.07) is 4.83. The fraction of sp³-hybridized carbons (Fsp3) is 0.421. The summed E-state index contributed by atoms with van der Waals surface area (Å²) in [6.45, 7) is 6.05. The molecule has 0 saturated carbocycles. The average molecular weight is 375 g/mol. The number of carbonyl (C=O) groups is 2. The number of rotatable bonds is 4. The van der Waals surface area contributed by atoms with Gasteiger partial charge in [0.15, 0.2) is 5.11 Å². The summed E-state index contributed by atoms with van der Waals surface area (Å²) in [5.41, 5.74) is 1.06. The second-order valence-electron chi connectivity index (χ2n) is 6.34. The molecule has 3 rings (SSSR count). The van der Waals surface area contributed by atoms with Crippen molar-refractivity contribution in [1.29, 1.82) is 0 Å². The minimum atomic E-state index is -0.434. The van der Waals surface area contributed by atoms with Gasteiger partial charge < -0.3 is 4.90 Å². The molecule has 0 aliphatic carbocycles. The van der Waals surface area contributed by atoms with Crippen molar-refractivity contribution < 1.29 is 14.0 Å². The molecule has 0 bridgehead atoms. The van der Waals surface area contributed by atoms with Gasteiger partial charge in [0, 0.05) is 26.2 Å². The zero-order valence-electron chi connectivity index (χ0n) is 15.0. The van der Waals surface area contributed by atoms with Gasteiger partial charge in [-0.2, -0.15) is 0 Å². The molecular weight excluding hydrogens is 353 g/mol. The summed E-state index contributed by atoms with van der Waals surface area (Å²) in [5, 5.41) is 0.220. The van der Waals surface area contributed by atoms with E-state index in [9.17, 15) is 14.0 Å². The Morgan fingerprint density at radius 1 is 1.08 bits per heavy atom. The average Bonchev–Trinajstić information content (AvgIpc) is 3.14. The normalized spacial score (nSPS) is 18.2. The smallest absolute Gasteiger partial charge is 0.265 e. The third-order valence-electron chi connectivity index (χ3n) is 4.77. The largest absolute Gasteiger partial charge is 0.369 e. The molecule has 0 aromatic heterocycles. The Balaban J connectivity index is 1.94. The van der Waals surface area contributed by atoms with E-state index in [0.717, 1.165) is 25.9 Å². The first-order valence-corrected chi connectivity index (χ1v) is 9.32. The predicted molar refractivity (Wildman–Crippen MR) is 103 cm³/mol. The number of thiocarbonyl (C=S) groups is 1. The fourth-order valence-corrected chi connectivity index (χ4v) is 3.80. The maximum Gasteiger partial charge on any atom is 0.265 e. The van der Waals surface area contributed by atoms with E-state index >= 15 is 0 Å². The van der Waals surface area contributed by atoms with E-state index in [4.69, 9.17) is 12.2 Å². The lowest BCUT2D eigenvalue weighted by atomic mass is 10.1. The Morgan fingerprint density at radius 2 is 1.65 bits per heavy atom. The molecular formula is C19H22FN3O2S. The Bertz CT molecular complexity index is 759. The number of amides is 2. The summed E-state index contributed by atoms with van der Waals surface area (Å²) in [7, 11) is 0. The second kappa shape index (κ2) is 7.53. The van der Waals surface area contributed by atoms with Crippen molar-refractivity contribution >= 4 is 40.9 Å². The molecule has 2 fully saturated rings. The van der Waals surface area contributed by atoms with E-state index in [2.05, 4.69) is 0 Å². The highest BCUT2D eigenvalue weighted by molar-refractivity contribution is 7.80. The van der Waals surface area contributed by atoms with Crippen LogP contribution in [-0.2, 0) is 9.59 Å². The number of hydrogen-bond acceptors (Lipinski definition) is 4. The lowest BCUT2D eigenvalue weighted by Gasteiger charge is -2.35. The molecule has 2 saturated heterocycles. The van der Waals surface area contributed by atoms with Gasteiger partial charge in [-0.1, -0.05) is 6.07 Å². The molecule has 2 amide bonds. The number of halogens is 1. The second-order valence-corrected chi connectivity index (χ2v) is 6.71. The van der Waals surface area contributed by atoms with E-state index in [1.807, 2.05) is 4.90 Å². The Labute approximate surface area is 158 Å². The van der Waals surface area contributed by atoms with Crippen LogP contribution in [0, 0.1) is 5.82 Å². The topological polar surface area (TPSA) is 43.9 Å². The van der Waals surface area contributed by atoms with Gasteiger partial charge in [0.2, 0.25) is 0 Å². The highest BCUT2D eigenvalue weighted by Crippen LogP contribution is 2.26. The van der Waals surface area contributed by atoms with Crippen molar-refractivity contribution in [2.45, 2.75) is 26.7 Å². The SMILES string of the molecule is CCN1C(=O)C(=Cc2ccc(N3CCCC3)c(F)c2)C(=O)N(CC)C1=S. The maximum atomic E-state index is 14.5. The van der Waals surface area contributed by atoms with Gasteiger partial charge in [-0.15, -0.1) is 0 Å². The summed E-state index contributed by atoms with van der Waals surface area (Å²) in [6.07, 6.45) is 3.58. The fourth-order valence-electron chi connectivity index (χ4n) is 3.38. The van der Waals surface area contributed by atoms with Crippen molar-refractivity contribution in [1.82, 2.24) is 9.80 Å². The molecule has 0 spiro atoms. The molecule has 1 aromatic carbocycles. The summed E-state index contributed by atoms with van der Waals surface area (Å²) >= 11 is 5.24. The predicted octanol–water partition coefficient (Wildman–Crippen LogP) is 2.80.